The van der Waals surface area contributed by atoms with Crippen LogP contribution in [0.3, 0.4) is 0 Å². The van der Waals surface area contributed by atoms with Crippen molar-refractivity contribution in [2.24, 2.45) is 0 Å². The minimum absolute atomic E-state index is 0.132. The van der Waals surface area contributed by atoms with Crippen LogP contribution in [-0.2, 0) is 4.79 Å². The van der Waals surface area contributed by atoms with Crippen molar-refractivity contribution in [2.45, 2.75) is 19.9 Å². The number of benzene rings is 2. The number of hydrogen-bond acceptors (Lipinski definition) is 9. The number of halogens is 1. The van der Waals surface area contributed by atoms with Crippen LogP contribution in [0.25, 0.3) is 10.2 Å². The molecule has 35 heavy (non-hydrogen) atoms. The zero-order chi connectivity index (χ0) is 25.0. The van der Waals surface area contributed by atoms with E-state index in [0.29, 0.717) is 31.7 Å². The van der Waals surface area contributed by atoms with Crippen LogP contribution < -0.4 is 4.90 Å². The molecule has 0 fully saturated rings. The van der Waals surface area contributed by atoms with E-state index in [1.807, 2.05) is 0 Å². The van der Waals surface area contributed by atoms with Gasteiger partial charge in [0.15, 0.2) is 10.9 Å². The Kier molecular flexibility index (Phi) is 5.62. The lowest BCUT2D eigenvalue weighted by Gasteiger charge is -2.24. The van der Waals surface area contributed by atoms with Crippen LogP contribution in [0.1, 0.15) is 32.0 Å². The summed E-state index contributed by atoms with van der Waals surface area (Å²) in [6.07, 6.45) is 0. The van der Waals surface area contributed by atoms with Crippen LogP contribution in [-0.4, -0.2) is 31.7 Å². The fourth-order valence-electron chi connectivity index (χ4n) is 3.98. The number of nitro groups is 1. The maximum Gasteiger partial charge on any atom is 0.296 e. The number of nitro benzene ring substituents is 1. The number of non-ortho nitro benzene ring substituents is 1. The molecule has 176 valence electrons. The van der Waals surface area contributed by atoms with Gasteiger partial charge >= 0.3 is 0 Å². The first kappa shape index (κ1) is 23.1. The second-order valence-electron chi connectivity index (χ2n) is 7.77. The van der Waals surface area contributed by atoms with Crippen molar-refractivity contribution in [1.29, 1.82) is 0 Å². The standard InChI is InChI=1S/C23H15ClN4O5S2/c1-10-21(34-11(2)25-10)19(29)17-18(12-3-6-14(7-4-12)28(32)33)27(22(31)20(17)30)23-26-15-8-5-13(24)9-16(15)35-23/h3-9,18,30H,1-2H3. The summed E-state index contributed by atoms with van der Waals surface area (Å²) in [6.45, 7) is 3.44. The molecular weight excluding hydrogens is 512 g/mol. The number of aliphatic hydroxyl groups is 1. The van der Waals surface area contributed by atoms with Crippen molar-refractivity contribution in [1.82, 2.24) is 9.97 Å². The van der Waals surface area contributed by atoms with E-state index in [2.05, 4.69) is 9.97 Å². The maximum atomic E-state index is 13.6. The molecule has 1 unspecified atom stereocenters. The van der Waals surface area contributed by atoms with Crippen LogP contribution in [0.5, 0.6) is 0 Å². The number of anilines is 1. The summed E-state index contributed by atoms with van der Waals surface area (Å²) in [4.78, 5) is 47.9. The molecule has 0 aliphatic carbocycles. The van der Waals surface area contributed by atoms with E-state index >= 15 is 0 Å². The van der Waals surface area contributed by atoms with E-state index in [9.17, 15) is 24.8 Å². The van der Waals surface area contributed by atoms with Crippen molar-refractivity contribution in [2.75, 3.05) is 4.90 Å². The Balaban J connectivity index is 1.68. The van der Waals surface area contributed by atoms with Crippen molar-refractivity contribution >= 4 is 67.0 Å². The van der Waals surface area contributed by atoms with Gasteiger partial charge in [-0.25, -0.2) is 9.97 Å². The Bertz CT molecular complexity index is 1570. The lowest BCUT2D eigenvalue weighted by atomic mass is 9.95. The normalized spacial score (nSPS) is 15.9. The summed E-state index contributed by atoms with van der Waals surface area (Å²) in [6, 6.07) is 9.55. The Labute approximate surface area is 211 Å². The van der Waals surface area contributed by atoms with Gasteiger partial charge in [0.05, 0.1) is 42.3 Å². The minimum atomic E-state index is -1.05. The van der Waals surface area contributed by atoms with Crippen LogP contribution in [0.4, 0.5) is 10.8 Å². The van der Waals surface area contributed by atoms with Crippen LogP contribution in [0, 0.1) is 24.0 Å². The third-order valence-electron chi connectivity index (χ3n) is 5.53. The van der Waals surface area contributed by atoms with Gasteiger partial charge in [-0.05, 0) is 49.7 Å². The highest BCUT2D eigenvalue weighted by Crippen LogP contribution is 2.45. The van der Waals surface area contributed by atoms with Crippen molar-refractivity contribution < 1.29 is 19.6 Å². The number of nitrogens with zero attached hydrogens (tertiary/aromatic N) is 4. The van der Waals surface area contributed by atoms with Crippen LogP contribution in [0.15, 0.2) is 53.8 Å². The third-order valence-corrected chi connectivity index (χ3v) is 7.85. The molecular formula is C23H15ClN4O5S2. The number of Topliss-reactive ketones (excluding diaryl/α,β-unsaturated/α-hetero) is 1. The highest BCUT2D eigenvalue weighted by Gasteiger charge is 2.46. The first-order chi connectivity index (χ1) is 16.7. The zero-order valence-corrected chi connectivity index (χ0v) is 20.6. The first-order valence-electron chi connectivity index (χ1n) is 10.2. The number of rotatable bonds is 5. The zero-order valence-electron chi connectivity index (χ0n) is 18.2. The molecule has 1 N–H and O–H groups in total. The number of hydrogen-bond donors (Lipinski definition) is 1. The van der Waals surface area contributed by atoms with E-state index in [0.717, 1.165) is 4.70 Å². The Morgan fingerprint density at radius 1 is 1.14 bits per heavy atom. The highest BCUT2D eigenvalue weighted by molar-refractivity contribution is 7.22. The van der Waals surface area contributed by atoms with Crippen molar-refractivity contribution in [3.05, 3.63) is 90.1 Å². The molecule has 0 saturated heterocycles. The van der Waals surface area contributed by atoms with Gasteiger partial charge in [-0.2, -0.15) is 0 Å². The van der Waals surface area contributed by atoms with E-state index < -0.39 is 28.4 Å². The fraction of sp³-hybridized carbons (Fsp3) is 0.130. The molecule has 0 bridgehead atoms. The van der Waals surface area contributed by atoms with Gasteiger partial charge < -0.3 is 5.11 Å². The number of ketones is 1. The molecule has 5 rings (SSSR count). The summed E-state index contributed by atoms with van der Waals surface area (Å²) in [5, 5.41) is 23.5. The van der Waals surface area contributed by atoms with Crippen LogP contribution in [0.2, 0.25) is 5.02 Å². The molecule has 3 heterocycles. The number of carbonyl (C=O) groups excluding carboxylic acids is 2. The molecule has 0 radical (unpaired) electrons. The smallest absolute Gasteiger partial charge is 0.296 e. The molecule has 0 spiro atoms. The monoisotopic (exact) mass is 526 g/mol. The minimum Gasteiger partial charge on any atom is -0.503 e. The van der Waals surface area contributed by atoms with Gasteiger partial charge in [-0.1, -0.05) is 22.9 Å². The van der Waals surface area contributed by atoms with Crippen molar-refractivity contribution in [3.63, 3.8) is 0 Å². The van der Waals surface area contributed by atoms with E-state index in [1.54, 1.807) is 32.0 Å². The number of carbonyl (C=O) groups is 2. The topological polar surface area (TPSA) is 127 Å². The molecule has 1 amide bonds. The maximum absolute atomic E-state index is 13.6. The molecule has 9 nitrogen and oxygen atoms in total. The fourth-order valence-corrected chi connectivity index (χ4v) is 6.12. The number of aromatic nitrogens is 2. The Hall–Kier alpha value is -3.67. The summed E-state index contributed by atoms with van der Waals surface area (Å²) in [7, 11) is 0. The molecule has 1 aliphatic rings. The second kappa shape index (κ2) is 8.52. The number of aliphatic hydroxyl groups excluding tert-OH is 1. The van der Waals surface area contributed by atoms with E-state index in [1.165, 1.54) is 51.8 Å². The quantitative estimate of drug-likeness (QED) is 0.200. The molecule has 1 atom stereocenters. The number of thiazole rings is 2. The summed E-state index contributed by atoms with van der Waals surface area (Å²) >= 11 is 8.45. The first-order valence-corrected chi connectivity index (χ1v) is 12.2. The largest absolute Gasteiger partial charge is 0.503 e. The number of fused-ring (bicyclic) bond motifs is 1. The van der Waals surface area contributed by atoms with Gasteiger partial charge in [-0.15, -0.1) is 11.3 Å². The van der Waals surface area contributed by atoms with Gasteiger partial charge in [-0.3, -0.25) is 24.6 Å². The number of aryl methyl sites for hydroxylation is 2. The molecule has 12 heteroatoms. The van der Waals surface area contributed by atoms with Crippen LogP contribution >= 0.6 is 34.3 Å². The predicted octanol–water partition coefficient (Wildman–Crippen LogP) is 5.71. The average molecular weight is 527 g/mol. The summed E-state index contributed by atoms with van der Waals surface area (Å²) in [5.41, 5.74) is 1.22. The average Bonchev–Trinajstić information content (AvgIpc) is 3.46. The molecule has 2 aromatic heterocycles. The summed E-state index contributed by atoms with van der Waals surface area (Å²) < 4.78 is 0.718. The van der Waals surface area contributed by atoms with Gasteiger partial charge in [0.25, 0.3) is 11.6 Å². The Morgan fingerprint density at radius 2 is 1.86 bits per heavy atom. The lowest BCUT2D eigenvalue weighted by molar-refractivity contribution is -0.384. The molecule has 1 aliphatic heterocycles. The molecule has 4 aromatic rings. The van der Waals surface area contributed by atoms with E-state index in [4.69, 9.17) is 11.6 Å². The summed E-state index contributed by atoms with van der Waals surface area (Å²) in [5.74, 6) is -2.02. The van der Waals surface area contributed by atoms with Gasteiger partial charge in [0, 0.05) is 17.2 Å². The van der Waals surface area contributed by atoms with Gasteiger partial charge in [0.2, 0.25) is 5.78 Å². The van der Waals surface area contributed by atoms with Crippen molar-refractivity contribution in [3.8, 4) is 0 Å². The molecule has 2 aromatic carbocycles. The predicted molar refractivity (Wildman–Crippen MR) is 134 cm³/mol. The molecule has 0 saturated carbocycles. The highest BCUT2D eigenvalue weighted by atomic mass is 35.5. The third kappa shape index (κ3) is 3.87. The SMILES string of the molecule is Cc1nc(C)c(C(=O)C2=C(O)C(=O)N(c3nc4ccc(Cl)cc4s3)C2c2ccc([N+](=O)[O-])cc2)s1. The lowest BCUT2D eigenvalue weighted by Crippen LogP contribution is -2.31. The van der Waals surface area contributed by atoms with E-state index in [-0.39, 0.29) is 16.4 Å². The van der Waals surface area contributed by atoms with Gasteiger partial charge in [0.1, 0.15) is 0 Å². The second-order valence-corrected chi connectivity index (χ2v) is 10.4. The Morgan fingerprint density at radius 3 is 2.49 bits per heavy atom. The number of amides is 1.